The van der Waals surface area contributed by atoms with Crippen LogP contribution < -0.4 is 10.2 Å². The van der Waals surface area contributed by atoms with Crippen molar-refractivity contribution in [3.63, 3.8) is 0 Å². The molecule has 5 heteroatoms. The maximum absolute atomic E-state index is 12.8. The van der Waals surface area contributed by atoms with E-state index in [1.807, 2.05) is 13.0 Å². The summed E-state index contributed by atoms with van der Waals surface area (Å²) in [6.07, 6.45) is 4.25. The van der Waals surface area contributed by atoms with Crippen LogP contribution in [0, 0.1) is 6.92 Å². The minimum absolute atomic E-state index is 0.0542. The smallest absolute Gasteiger partial charge is 0.335 e. The molecule has 5 nitrogen and oxygen atoms in total. The number of aromatic carboxylic acids is 1. The molecule has 1 fully saturated rings. The summed E-state index contributed by atoms with van der Waals surface area (Å²) in [4.78, 5) is 26.0. The van der Waals surface area contributed by atoms with E-state index in [1.54, 1.807) is 24.3 Å². The number of hydrogen-bond acceptors (Lipinski definition) is 3. The number of nitrogens with zero attached hydrogens (tertiary/aromatic N) is 1. The van der Waals surface area contributed by atoms with Gasteiger partial charge in [0.1, 0.15) is 0 Å². The Bertz CT molecular complexity index is 809. The fourth-order valence-corrected chi connectivity index (χ4v) is 3.47. The quantitative estimate of drug-likeness (QED) is 0.819. The maximum atomic E-state index is 12.8. The number of carboxylic acid groups (broad SMARTS) is 1. The van der Waals surface area contributed by atoms with Crippen molar-refractivity contribution in [2.75, 3.05) is 24.5 Å². The molecule has 0 saturated carbocycles. The van der Waals surface area contributed by atoms with E-state index in [2.05, 4.69) is 22.3 Å². The average Bonchev–Trinajstić information content (AvgIpc) is 2.69. The van der Waals surface area contributed by atoms with Crippen molar-refractivity contribution < 1.29 is 14.7 Å². The largest absolute Gasteiger partial charge is 0.478 e. The number of carbonyl (C=O) groups excluding carboxylic acids is 1. The molecule has 0 bridgehead atoms. The van der Waals surface area contributed by atoms with Crippen molar-refractivity contribution in [1.82, 2.24) is 5.32 Å². The lowest BCUT2D eigenvalue weighted by Crippen LogP contribution is -2.33. The molecule has 0 unspecified atom stereocenters. The van der Waals surface area contributed by atoms with Crippen molar-refractivity contribution >= 4 is 17.6 Å². The summed E-state index contributed by atoms with van der Waals surface area (Å²) in [6, 6.07) is 12.8. The Labute approximate surface area is 160 Å². The van der Waals surface area contributed by atoms with Gasteiger partial charge in [-0.15, -0.1) is 0 Å². The van der Waals surface area contributed by atoms with E-state index in [1.165, 1.54) is 19.3 Å². The lowest BCUT2D eigenvalue weighted by Gasteiger charge is -2.30. The van der Waals surface area contributed by atoms with E-state index >= 15 is 0 Å². The standard InChI is InChI=1S/C22H26N2O3/c1-16-5-10-20(24-13-3-2-4-14-24)19(15-16)21(25)23-12-11-17-6-8-18(9-7-17)22(26)27/h5-10,15H,2-4,11-14H2,1H3,(H,23,25)(H,26,27). The van der Waals surface area contributed by atoms with Crippen molar-refractivity contribution in [2.24, 2.45) is 0 Å². The molecule has 0 spiro atoms. The maximum Gasteiger partial charge on any atom is 0.335 e. The van der Waals surface area contributed by atoms with Crippen LogP contribution in [0.1, 0.15) is 51.1 Å². The zero-order valence-electron chi connectivity index (χ0n) is 15.7. The van der Waals surface area contributed by atoms with Gasteiger partial charge in [-0.25, -0.2) is 4.79 Å². The summed E-state index contributed by atoms with van der Waals surface area (Å²) in [5.74, 6) is -0.985. The number of carbonyl (C=O) groups is 2. The first-order chi connectivity index (χ1) is 13.0. The van der Waals surface area contributed by atoms with Gasteiger partial charge in [0.05, 0.1) is 11.1 Å². The van der Waals surface area contributed by atoms with Crippen molar-refractivity contribution in [2.45, 2.75) is 32.6 Å². The first-order valence-corrected chi connectivity index (χ1v) is 9.50. The first kappa shape index (κ1) is 19.0. The summed E-state index contributed by atoms with van der Waals surface area (Å²) in [7, 11) is 0. The second-order valence-electron chi connectivity index (χ2n) is 7.08. The number of amides is 1. The van der Waals surface area contributed by atoms with Crippen molar-refractivity contribution in [3.8, 4) is 0 Å². The molecule has 27 heavy (non-hydrogen) atoms. The summed E-state index contributed by atoms with van der Waals surface area (Å²) in [5.41, 5.74) is 4.10. The molecule has 0 aromatic heterocycles. The van der Waals surface area contributed by atoms with Gasteiger partial charge in [0.15, 0.2) is 0 Å². The molecule has 142 valence electrons. The van der Waals surface area contributed by atoms with E-state index in [9.17, 15) is 9.59 Å². The van der Waals surface area contributed by atoms with Crippen LogP contribution in [0.2, 0.25) is 0 Å². The van der Waals surface area contributed by atoms with Crippen LogP contribution in [-0.2, 0) is 6.42 Å². The molecule has 2 N–H and O–H groups in total. The Morgan fingerprint density at radius 3 is 2.41 bits per heavy atom. The molecular formula is C22H26N2O3. The third-order valence-electron chi connectivity index (χ3n) is 4.99. The number of carboxylic acids is 1. The Balaban J connectivity index is 1.63. The number of anilines is 1. The van der Waals surface area contributed by atoms with Crippen LogP contribution in [-0.4, -0.2) is 36.6 Å². The van der Waals surface area contributed by atoms with Gasteiger partial charge in [-0.1, -0.05) is 23.8 Å². The van der Waals surface area contributed by atoms with Crippen LogP contribution in [0.3, 0.4) is 0 Å². The highest BCUT2D eigenvalue weighted by atomic mass is 16.4. The Morgan fingerprint density at radius 2 is 1.74 bits per heavy atom. The highest BCUT2D eigenvalue weighted by Gasteiger charge is 2.18. The molecule has 1 aliphatic rings. The molecule has 0 aliphatic carbocycles. The average molecular weight is 366 g/mol. The molecule has 1 aliphatic heterocycles. The predicted octanol–water partition coefficient (Wildman–Crippen LogP) is 3.66. The molecule has 2 aromatic carbocycles. The zero-order chi connectivity index (χ0) is 19.2. The summed E-state index contributed by atoms with van der Waals surface area (Å²) >= 11 is 0. The van der Waals surface area contributed by atoms with Gasteiger partial charge in [0.2, 0.25) is 0 Å². The predicted molar refractivity (Wildman–Crippen MR) is 107 cm³/mol. The van der Waals surface area contributed by atoms with Crippen LogP contribution in [0.25, 0.3) is 0 Å². The number of piperidine rings is 1. The SMILES string of the molecule is Cc1ccc(N2CCCCC2)c(C(=O)NCCc2ccc(C(=O)O)cc2)c1. The Hall–Kier alpha value is -2.82. The third-order valence-corrected chi connectivity index (χ3v) is 4.99. The highest BCUT2D eigenvalue weighted by Crippen LogP contribution is 2.25. The van der Waals surface area contributed by atoms with E-state index in [0.29, 0.717) is 13.0 Å². The van der Waals surface area contributed by atoms with Crippen LogP contribution in [0.15, 0.2) is 42.5 Å². The fraction of sp³-hybridized carbons (Fsp3) is 0.364. The van der Waals surface area contributed by atoms with Gasteiger partial charge >= 0.3 is 5.97 Å². The lowest BCUT2D eigenvalue weighted by molar-refractivity contribution is 0.0696. The monoisotopic (exact) mass is 366 g/mol. The number of aryl methyl sites for hydroxylation is 1. The van der Waals surface area contributed by atoms with Crippen LogP contribution in [0.4, 0.5) is 5.69 Å². The van der Waals surface area contributed by atoms with Gasteiger partial charge in [0.25, 0.3) is 5.91 Å². The second-order valence-corrected chi connectivity index (χ2v) is 7.08. The molecule has 1 saturated heterocycles. The normalized spacial score (nSPS) is 14.0. The Kier molecular flexibility index (Phi) is 6.12. The van der Waals surface area contributed by atoms with Crippen molar-refractivity contribution in [1.29, 1.82) is 0 Å². The zero-order valence-corrected chi connectivity index (χ0v) is 15.7. The number of rotatable bonds is 6. The molecule has 0 atom stereocenters. The fourth-order valence-electron chi connectivity index (χ4n) is 3.47. The molecule has 3 rings (SSSR count). The lowest BCUT2D eigenvalue weighted by atomic mass is 10.0. The van der Waals surface area contributed by atoms with Gasteiger partial charge in [-0.05, 0) is 62.4 Å². The second kappa shape index (κ2) is 8.71. The van der Waals surface area contributed by atoms with Gasteiger partial charge in [-0.2, -0.15) is 0 Å². The molecule has 0 radical (unpaired) electrons. The third kappa shape index (κ3) is 4.88. The van der Waals surface area contributed by atoms with E-state index in [0.717, 1.165) is 35.5 Å². The van der Waals surface area contributed by atoms with Gasteiger partial charge in [-0.3, -0.25) is 4.79 Å². The summed E-state index contributed by atoms with van der Waals surface area (Å²) in [6.45, 7) is 4.51. The Morgan fingerprint density at radius 1 is 1.04 bits per heavy atom. The topological polar surface area (TPSA) is 69.6 Å². The summed E-state index contributed by atoms with van der Waals surface area (Å²) in [5, 5.41) is 12.0. The van der Waals surface area contributed by atoms with E-state index in [-0.39, 0.29) is 11.5 Å². The first-order valence-electron chi connectivity index (χ1n) is 9.50. The number of hydrogen-bond donors (Lipinski definition) is 2. The minimum atomic E-state index is -0.931. The van der Waals surface area contributed by atoms with Gasteiger partial charge < -0.3 is 15.3 Å². The number of nitrogens with one attached hydrogen (secondary N) is 1. The minimum Gasteiger partial charge on any atom is -0.478 e. The van der Waals surface area contributed by atoms with Gasteiger partial charge in [0, 0.05) is 25.3 Å². The summed E-state index contributed by atoms with van der Waals surface area (Å²) < 4.78 is 0. The van der Waals surface area contributed by atoms with Crippen molar-refractivity contribution in [3.05, 3.63) is 64.7 Å². The van der Waals surface area contributed by atoms with Crippen LogP contribution in [0.5, 0.6) is 0 Å². The molecular weight excluding hydrogens is 340 g/mol. The number of benzene rings is 2. The van der Waals surface area contributed by atoms with E-state index in [4.69, 9.17) is 5.11 Å². The molecule has 2 aromatic rings. The molecule has 1 amide bonds. The van der Waals surface area contributed by atoms with E-state index < -0.39 is 5.97 Å². The van der Waals surface area contributed by atoms with Crippen LogP contribution >= 0.6 is 0 Å². The molecule has 1 heterocycles. The highest BCUT2D eigenvalue weighted by molar-refractivity contribution is 6.00.